The van der Waals surface area contributed by atoms with Crippen molar-refractivity contribution in [1.82, 2.24) is 14.9 Å². The summed E-state index contributed by atoms with van der Waals surface area (Å²) in [4.78, 5) is 23.8. The zero-order valence-electron chi connectivity index (χ0n) is 17.5. The van der Waals surface area contributed by atoms with Crippen molar-refractivity contribution in [3.63, 3.8) is 0 Å². The van der Waals surface area contributed by atoms with Gasteiger partial charge in [0.05, 0.1) is 32.3 Å². The highest BCUT2D eigenvalue weighted by Crippen LogP contribution is 2.31. The van der Waals surface area contributed by atoms with Crippen LogP contribution in [0, 0.1) is 0 Å². The van der Waals surface area contributed by atoms with E-state index in [9.17, 15) is 18.0 Å². The fourth-order valence-electron chi connectivity index (χ4n) is 2.93. The number of ether oxygens (including phenoxy) is 3. The van der Waals surface area contributed by atoms with Crippen LogP contribution in [-0.4, -0.2) is 71.2 Å². The molecule has 2 rings (SSSR count). The molecule has 0 aliphatic carbocycles. The van der Waals surface area contributed by atoms with Crippen molar-refractivity contribution < 1.29 is 32.2 Å². The van der Waals surface area contributed by atoms with Crippen molar-refractivity contribution in [2.24, 2.45) is 0 Å². The smallest absolute Gasteiger partial charge is 0.309 e. The van der Waals surface area contributed by atoms with Gasteiger partial charge in [0.15, 0.2) is 11.5 Å². The largest absolute Gasteiger partial charge is 0.493 e. The lowest BCUT2D eigenvalue weighted by atomic mass is 10.3. The molecule has 0 saturated carbocycles. The molecule has 168 valence electrons. The number of hydrogen-bond acceptors (Lipinski definition) is 7. The van der Waals surface area contributed by atoms with Crippen molar-refractivity contribution in [3.8, 4) is 11.5 Å². The molecule has 0 aromatic heterocycles. The van der Waals surface area contributed by atoms with Crippen LogP contribution in [0.4, 0.5) is 0 Å². The number of unbranched alkanes of at least 4 members (excludes halogenated alkanes) is 1. The minimum atomic E-state index is -3.93. The van der Waals surface area contributed by atoms with E-state index in [0.717, 1.165) is 12.8 Å². The first-order chi connectivity index (χ1) is 14.3. The lowest BCUT2D eigenvalue weighted by Crippen LogP contribution is -2.53. The van der Waals surface area contributed by atoms with Crippen molar-refractivity contribution >= 4 is 21.8 Å². The van der Waals surface area contributed by atoms with Crippen LogP contribution in [0.3, 0.4) is 0 Å². The summed E-state index contributed by atoms with van der Waals surface area (Å²) < 4.78 is 43.4. The summed E-state index contributed by atoms with van der Waals surface area (Å²) in [6.07, 6.45) is 1.24. The average molecular weight is 444 g/mol. The zero-order chi connectivity index (χ0) is 22.1. The van der Waals surface area contributed by atoms with Gasteiger partial charge in [0.25, 0.3) is 0 Å². The predicted octanol–water partition coefficient (Wildman–Crippen LogP) is 0.473. The van der Waals surface area contributed by atoms with Gasteiger partial charge in [0, 0.05) is 19.2 Å². The molecule has 2 amide bonds. The van der Waals surface area contributed by atoms with Crippen molar-refractivity contribution in [2.45, 2.75) is 37.3 Å². The minimum absolute atomic E-state index is 0.0132. The van der Waals surface area contributed by atoms with Crippen LogP contribution in [0.25, 0.3) is 0 Å². The molecule has 30 heavy (non-hydrogen) atoms. The van der Waals surface area contributed by atoms with E-state index in [1.165, 1.54) is 36.7 Å². The maximum absolute atomic E-state index is 13.2. The monoisotopic (exact) mass is 443 g/mol. The molecule has 0 unspecified atom stereocenters. The molecule has 0 spiro atoms. The molecule has 1 saturated heterocycles. The SMILES string of the molecule is CCCCNC(=O)C(=O)NC[C@@H]1OCCCN1S(=O)(=O)c1ccc(OC)c(OC)c1. The van der Waals surface area contributed by atoms with E-state index in [2.05, 4.69) is 10.6 Å². The summed E-state index contributed by atoms with van der Waals surface area (Å²) in [5.41, 5.74) is 0. The lowest BCUT2D eigenvalue weighted by Gasteiger charge is -2.34. The van der Waals surface area contributed by atoms with E-state index in [-0.39, 0.29) is 23.7 Å². The Labute approximate surface area is 176 Å². The number of methoxy groups -OCH3 is 2. The van der Waals surface area contributed by atoms with Gasteiger partial charge in [0.2, 0.25) is 10.0 Å². The number of hydrogen-bond donors (Lipinski definition) is 2. The third-order valence-electron chi connectivity index (χ3n) is 4.58. The third kappa shape index (κ3) is 5.83. The molecular formula is C19H29N3O7S. The van der Waals surface area contributed by atoms with Gasteiger partial charge in [-0.1, -0.05) is 13.3 Å². The van der Waals surface area contributed by atoms with E-state index >= 15 is 0 Å². The van der Waals surface area contributed by atoms with Crippen molar-refractivity contribution in [2.75, 3.05) is 40.5 Å². The Bertz CT molecular complexity index is 845. The second-order valence-corrected chi connectivity index (χ2v) is 8.52. The van der Waals surface area contributed by atoms with Gasteiger partial charge in [-0.2, -0.15) is 4.31 Å². The van der Waals surface area contributed by atoms with Crippen LogP contribution >= 0.6 is 0 Å². The molecule has 0 radical (unpaired) electrons. The maximum atomic E-state index is 13.2. The van der Waals surface area contributed by atoms with E-state index in [1.807, 2.05) is 6.92 Å². The van der Waals surface area contributed by atoms with Crippen LogP contribution in [0.5, 0.6) is 11.5 Å². The van der Waals surface area contributed by atoms with Gasteiger partial charge in [-0.15, -0.1) is 0 Å². The Kier molecular flexibility index (Phi) is 8.88. The summed E-state index contributed by atoms with van der Waals surface area (Å²) in [6, 6.07) is 4.30. The quantitative estimate of drug-likeness (QED) is 0.420. The molecule has 2 N–H and O–H groups in total. The van der Waals surface area contributed by atoms with Crippen LogP contribution < -0.4 is 20.1 Å². The predicted molar refractivity (Wildman–Crippen MR) is 109 cm³/mol. The summed E-state index contributed by atoms with van der Waals surface area (Å²) >= 11 is 0. The van der Waals surface area contributed by atoms with Crippen LogP contribution in [0.2, 0.25) is 0 Å². The van der Waals surface area contributed by atoms with Gasteiger partial charge in [-0.05, 0) is 25.0 Å². The zero-order valence-corrected chi connectivity index (χ0v) is 18.3. The van der Waals surface area contributed by atoms with Crippen molar-refractivity contribution in [1.29, 1.82) is 0 Å². The molecule has 1 aromatic rings. The summed E-state index contributed by atoms with van der Waals surface area (Å²) in [5.74, 6) is -0.897. The van der Waals surface area contributed by atoms with Gasteiger partial charge in [-0.3, -0.25) is 9.59 Å². The summed E-state index contributed by atoms with van der Waals surface area (Å²) in [5, 5.41) is 4.96. The highest BCUT2D eigenvalue weighted by atomic mass is 32.2. The normalized spacial score (nSPS) is 17.2. The van der Waals surface area contributed by atoms with Gasteiger partial charge >= 0.3 is 11.8 Å². The second kappa shape index (κ2) is 11.1. The van der Waals surface area contributed by atoms with Crippen LogP contribution in [0.1, 0.15) is 26.2 Å². The number of nitrogens with one attached hydrogen (secondary N) is 2. The number of nitrogens with zero attached hydrogens (tertiary/aromatic N) is 1. The lowest BCUT2D eigenvalue weighted by molar-refractivity contribution is -0.140. The van der Waals surface area contributed by atoms with E-state index < -0.39 is 28.1 Å². The molecule has 1 heterocycles. The molecule has 1 fully saturated rings. The maximum Gasteiger partial charge on any atom is 0.309 e. The Morgan fingerprint density at radius 2 is 1.87 bits per heavy atom. The van der Waals surface area contributed by atoms with E-state index in [0.29, 0.717) is 25.3 Å². The fraction of sp³-hybridized carbons (Fsp3) is 0.579. The van der Waals surface area contributed by atoms with Gasteiger partial charge < -0.3 is 24.8 Å². The first kappa shape index (κ1) is 23.9. The molecule has 1 aliphatic rings. The molecule has 1 atom stereocenters. The molecule has 10 nitrogen and oxygen atoms in total. The number of rotatable bonds is 9. The number of sulfonamides is 1. The standard InChI is InChI=1S/C19H29N3O7S/c1-4-5-9-20-18(23)19(24)21-13-17-22(10-6-11-29-17)30(25,26)14-7-8-15(27-2)16(12-14)28-3/h7-8,12,17H,4-6,9-11,13H2,1-3H3,(H,20,23)(H,21,24)/t17-/m0/s1. The Balaban J connectivity index is 2.11. The minimum Gasteiger partial charge on any atom is -0.493 e. The first-order valence-electron chi connectivity index (χ1n) is 9.76. The fourth-order valence-corrected chi connectivity index (χ4v) is 4.52. The summed E-state index contributed by atoms with van der Waals surface area (Å²) in [6.45, 7) is 2.80. The van der Waals surface area contributed by atoms with Gasteiger partial charge in [-0.25, -0.2) is 8.42 Å². The highest BCUT2D eigenvalue weighted by Gasteiger charge is 2.35. The van der Waals surface area contributed by atoms with E-state index in [4.69, 9.17) is 14.2 Å². The Morgan fingerprint density at radius 1 is 1.17 bits per heavy atom. The first-order valence-corrected chi connectivity index (χ1v) is 11.2. The Hall–Kier alpha value is -2.37. The van der Waals surface area contributed by atoms with Crippen LogP contribution in [-0.2, 0) is 24.3 Å². The number of carbonyl (C=O) groups excluding carboxylic acids is 2. The average Bonchev–Trinajstić information content (AvgIpc) is 2.77. The Morgan fingerprint density at radius 3 is 2.53 bits per heavy atom. The second-order valence-electron chi connectivity index (χ2n) is 6.63. The van der Waals surface area contributed by atoms with E-state index in [1.54, 1.807) is 0 Å². The topological polar surface area (TPSA) is 123 Å². The molecule has 1 aliphatic heterocycles. The number of amides is 2. The van der Waals surface area contributed by atoms with Crippen molar-refractivity contribution in [3.05, 3.63) is 18.2 Å². The molecular weight excluding hydrogens is 414 g/mol. The third-order valence-corrected chi connectivity index (χ3v) is 6.46. The molecule has 11 heteroatoms. The molecule has 0 bridgehead atoms. The van der Waals surface area contributed by atoms with Gasteiger partial charge in [0.1, 0.15) is 6.23 Å². The summed E-state index contributed by atoms with van der Waals surface area (Å²) in [7, 11) is -1.05. The number of carbonyl (C=O) groups is 2. The number of benzene rings is 1. The van der Waals surface area contributed by atoms with Crippen LogP contribution in [0.15, 0.2) is 23.1 Å². The highest BCUT2D eigenvalue weighted by molar-refractivity contribution is 7.89. The molecule has 1 aromatic carbocycles.